The second-order valence-electron chi connectivity index (χ2n) is 4.29. The minimum absolute atomic E-state index is 0.242. The third kappa shape index (κ3) is 1.71. The zero-order chi connectivity index (χ0) is 11.7. The Morgan fingerprint density at radius 3 is 2.53 bits per heavy atom. The molecule has 1 atom stereocenters. The van der Waals surface area contributed by atoms with Crippen molar-refractivity contribution < 1.29 is 4.74 Å². The highest BCUT2D eigenvalue weighted by Gasteiger charge is 2.22. The van der Waals surface area contributed by atoms with Crippen LogP contribution >= 0.6 is 0 Å². The molecule has 1 heterocycles. The van der Waals surface area contributed by atoms with Crippen LogP contribution in [-0.2, 0) is 4.74 Å². The number of ether oxygens (including phenoxy) is 1. The van der Waals surface area contributed by atoms with E-state index in [9.17, 15) is 0 Å². The van der Waals surface area contributed by atoms with Crippen molar-refractivity contribution in [3.05, 3.63) is 54.1 Å². The number of fused-ring (bicyclic) bond motifs is 3. The number of benzene rings is 2. The molecule has 1 aliphatic rings. The fraction of sp³-hybridized carbons (Fsp3) is 0.200. The Morgan fingerprint density at radius 1 is 1.00 bits per heavy atom. The van der Waals surface area contributed by atoms with Crippen molar-refractivity contribution in [3.8, 4) is 11.1 Å². The fourth-order valence-electron chi connectivity index (χ4n) is 2.45. The summed E-state index contributed by atoms with van der Waals surface area (Å²) in [4.78, 5) is 0. The van der Waals surface area contributed by atoms with Gasteiger partial charge in [-0.2, -0.15) is 0 Å². The largest absolute Gasteiger partial charge is 0.382 e. The molecule has 0 saturated heterocycles. The van der Waals surface area contributed by atoms with Gasteiger partial charge in [0, 0.05) is 18.4 Å². The number of methoxy groups -OCH3 is 1. The van der Waals surface area contributed by atoms with E-state index in [1.807, 2.05) is 0 Å². The average Bonchev–Trinajstić information content (AvgIpc) is 2.39. The molecule has 0 amide bonds. The summed E-state index contributed by atoms with van der Waals surface area (Å²) < 4.78 is 5.29. The molecule has 0 spiro atoms. The van der Waals surface area contributed by atoms with Gasteiger partial charge in [-0.1, -0.05) is 42.5 Å². The number of para-hydroxylation sites is 1. The van der Waals surface area contributed by atoms with E-state index >= 15 is 0 Å². The molecule has 0 radical (unpaired) electrons. The molecule has 0 fully saturated rings. The Morgan fingerprint density at radius 2 is 1.71 bits per heavy atom. The van der Waals surface area contributed by atoms with E-state index in [0.717, 1.165) is 0 Å². The lowest BCUT2D eigenvalue weighted by Gasteiger charge is -2.29. The molecular weight excluding hydrogens is 210 g/mol. The third-order valence-corrected chi connectivity index (χ3v) is 3.22. The molecule has 17 heavy (non-hydrogen) atoms. The van der Waals surface area contributed by atoms with Gasteiger partial charge >= 0.3 is 0 Å². The highest BCUT2D eigenvalue weighted by molar-refractivity contribution is 5.83. The van der Waals surface area contributed by atoms with Gasteiger partial charge in [0.1, 0.15) is 0 Å². The average molecular weight is 225 g/mol. The molecule has 2 aromatic rings. The molecule has 1 N–H and O–H groups in total. The van der Waals surface area contributed by atoms with Gasteiger partial charge in [-0.15, -0.1) is 0 Å². The van der Waals surface area contributed by atoms with Crippen molar-refractivity contribution >= 4 is 5.69 Å². The van der Waals surface area contributed by atoms with Crippen LogP contribution in [0.3, 0.4) is 0 Å². The Kier molecular flexibility index (Phi) is 2.57. The molecule has 1 aliphatic heterocycles. The lowest BCUT2D eigenvalue weighted by molar-refractivity contribution is 0.186. The smallest absolute Gasteiger partial charge is 0.0753 e. The molecular formula is C15H15NO. The Bertz CT molecular complexity index is 536. The zero-order valence-electron chi connectivity index (χ0n) is 9.81. The first-order chi connectivity index (χ1) is 8.40. The van der Waals surface area contributed by atoms with Crippen molar-refractivity contribution in [2.45, 2.75) is 6.04 Å². The molecule has 2 heteroatoms. The highest BCUT2D eigenvalue weighted by Crippen LogP contribution is 2.39. The van der Waals surface area contributed by atoms with Crippen LogP contribution in [0.15, 0.2) is 48.5 Å². The first-order valence-corrected chi connectivity index (χ1v) is 5.84. The van der Waals surface area contributed by atoms with E-state index in [-0.39, 0.29) is 6.04 Å². The molecule has 0 aliphatic carbocycles. The first kappa shape index (κ1) is 10.4. The van der Waals surface area contributed by atoms with Gasteiger partial charge in [-0.25, -0.2) is 0 Å². The topological polar surface area (TPSA) is 21.3 Å². The van der Waals surface area contributed by atoms with Gasteiger partial charge in [-0.05, 0) is 17.2 Å². The van der Waals surface area contributed by atoms with Crippen molar-refractivity contribution in [1.29, 1.82) is 0 Å². The third-order valence-electron chi connectivity index (χ3n) is 3.22. The lowest BCUT2D eigenvalue weighted by Crippen LogP contribution is -2.20. The van der Waals surface area contributed by atoms with Gasteiger partial charge in [0.15, 0.2) is 0 Å². The minimum Gasteiger partial charge on any atom is -0.382 e. The summed E-state index contributed by atoms with van der Waals surface area (Å²) in [6, 6.07) is 17.2. The SMILES string of the molecule is COCC1Nc2ccccc2-c2ccccc21. The fourth-order valence-corrected chi connectivity index (χ4v) is 2.45. The molecule has 2 aromatic carbocycles. The predicted octanol–water partition coefficient (Wildman–Crippen LogP) is 3.47. The van der Waals surface area contributed by atoms with Crippen molar-refractivity contribution in [1.82, 2.24) is 0 Å². The molecule has 0 saturated carbocycles. The van der Waals surface area contributed by atoms with Crippen LogP contribution in [0.2, 0.25) is 0 Å². The van der Waals surface area contributed by atoms with Crippen molar-refractivity contribution in [3.63, 3.8) is 0 Å². The predicted molar refractivity (Wildman–Crippen MR) is 70.1 cm³/mol. The summed E-state index contributed by atoms with van der Waals surface area (Å²) in [5.41, 5.74) is 5.08. The van der Waals surface area contributed by atoms with E-state index in [0.29, 0.717) is 6.61 Å². The monoisotopic (exact) mass is 225 g/mol. The van der Waals surface area contributed by atoms with E-state index in [2.05, 4.69) is 53.8 Å². The molecule has 3 rings (SSSR count). The van der Waals surface area contributed by atoms with E-state index in [1.54, 1.807) is 7.11 Å². The highest BCUT2D eigenvalue weighted by atomic mass is 16.5. The summed E-state index contributed by atoms with van der Waals surface area (Å²) in [6.07, 6.45) is 0. The second kappa shape index (κ2) is 4.22. The van der Waals surface area contributed by atoms with Crippen LogP contribution in [0, 0.1) is 0 Å². The minimum atomic E-state index is 0.242. The van der Waals surface area contributed by atoms with E-state index in [1.165, 1.54) is 22.4 Å². The Balaban J connectivity index is 2.15. The van der Waals surface area contributed by atoms with Gasteiger partial charge in [0.25, 0.3) is 0 Å². The summed E-state index contributed by atoms with van der Waals surface area (Å²) >= 11 is 0. The maximum Gasteiger partial charge on any atom is 0.0753 e. The van der Waals surface area contributed by atoms with Crippen molar-refractivity contribution in [2.24, 2.45) is 0 Å². The number of rotatable bonds is 2. The van der Waals surface area contributed by atoms with Crippen LogP contribution < -0.4 is 5.32 Å². The Hall–Kier alpha value is -1.80. The maximum atomic E-state index is 5.29. The maximum absolute atomic E-state index is 5.29. The summed E-state index contributed by atoms with van der Waals surface area (Å²) in [5, 5.41) is 3.53. The molecule has 86 valence electrons. The summed E-state index contributed by atoms with van der Waals surface area (Å²) in [6.45, 7) is 0.686. The van der Waals surface area contributed by atoms with Gasteiger partial charge < -0.3 is 10.1 Å². The Labute approximate surface area is 101 Å². The normalized spacial score (nSPS) is 16.9. The van der Waals surface area contributed by atoms with E-state index < -0.39 is 0 Å². The van der Waals surface area contributed by atoms with Gasteiger partial charge in [0.2, 0.25) is 0 Å². The first-order valence-electron chi connectivity index (χ1n) is 5.84. The number of anilines is 1. The summed E-state index contributed by atoms with van der Waals surface area (Å²) in [7, 11) is 1.74. The van der Waals surface area contributed by atoms with Crippen molar-refractivity contribution in [2.75, 3.05) is 19.0 Å². The molecule has 0 bridgehead atoms. The second-order valence-corrected chi connectivity index (χ2v) is 4.29. The number of hydrogen-bond acceptors (Lipinski definition) is 2. The molecule has 2 nitrogen and oxygen atoms in total. The quantitative estimate of drug-likeness (QED) is 0.845. The van der Waals surface area contributed by atoms with E-state index in [4.69, 9.17) is 4.74 Å². The van der Waals surface area contributed by atoms with Crippen LogP contribution in [-0.4, -0.2) is 13.7 Å². The standard InChI is InChI=1S/C15H15NO/c1-17-10-15-13-8-3-2-6-11(13)12-7-4-5-9-14(12)16-15/h2-9,15-16H,10H2,1H3. The molecule has 1 unspecified atom stereocenters. The van der Waals surface area contributed by atoms with Crippen LogP contribution in [0.25, 0.3) is 11.1 Å². The van der Waals surface area contributed by atoms with Crippen LogP contribution in [0.1, 0.15) is 11.6 Å². The van der Waals surface area contributed by atoms with Gasteiger partial charge in [0.05, 0.1) is 12.6 Å². The number of hydrogen-bond donors (Lipinski definition) is 1. The molecule has 0 aromatic heterocycles. The lowest BCUT2D eigenvalue weighted by atomic mass is 9.90. The van der Waals surface area contributed by atoms with Gasteiger partial charge in [-0.3, -0.25) is 0 Å². The number of nitrogens with one attached hydrogen (secondary N) is 1. The van der Waals surface area contributed by atoms with Crippen LogP contribution in [0.4, 0.5) is 5.69 Å². The zero-order valence-corrected chi connectivity index (χ0v) is 9.81. The summed E-state index contributed by atoms with van der Waals surface area (Å²) in [5.74, 6) is 0. The van der Waals surface area contributed by atoms with Crippen LogP contribution in [0.5, 0.6) is 0 Å².